The van der Waals surface area contributed by atoms with Gasteiger partial charge in [-0.05, 0) is 74.5 Å². The van der Waals surface area contributed by atoms with Gasteiger partial charge in [0, 0.05) is 0 Å². The van der Waals surface area contributed by atoms with Crippen LogP contribution < -0.4 is 0 Å². The average molecular weight is 337 g/mol. The smallest absolute Gasteiger partial charge is 0.332 e. The fourth-order valence-electron chi connectivity index (χ4n) is 5.76. The summed E-state index contributed by atoms with van der Waals surface area (Å²) in [7, 11) is 0. The highest BCUT2D eigenvalue weighted by Crippen LogP contribution is 2.54. The minimum Gasteiger partial charge on any atom is -0.457 e. The van der Waals surface area contributed by atoms with Crippen molar-refractivity contribution in [3.8, 4) is 0 Å². The molecule has 0 N–H and O–H groups in total. The fraction of sp³-hybridized carbons (Fsp3) is 0.952. The van der Waals surface area contributed by atoms with Crippen LogP contribution in [-0.4, -0.2) is 24.3 Å². The normalized spacial score (nSPS) is 41.8. The molecule has 138 valence electrons. The van der Waals surface area contributed by atoms with Crippen molar-refractivity contribution in [3.05, 3.63) is 0 Å². The minimum absolute atomic E-state index is 0.134. The molecule has 0 aromatic heterocycles. The van der Waals surface area contributed by atoms with Crippen LogP contribution in [0.1, 0.15) is 79.1 Å². The van der Waals surface area contributed by atoms with Gasteiger partial charge in [-0.1, -0.05) is 34.1 Å². The second-order valence-corrected chi connectivity index (χ2v) is 9.15. The molecule has 24 heavy (non-hydrogen) atoms. The van der Waals surface area contributed by atoms with Gasteiger partial charge in [0.1, 0.15) is 12.2 Å². The van der Waals surface area contributed by atoms with Crippen LogP contribution in [0.4, 0.5) is 0 Å². The van der Waals surface area contributed by atoms with E-state index in [2.05, 4.69) is 27.7 Å². The Balaban J connectivity index is 1.53. The maximum Gasteiger partial charge on any atom is 0.332 e. The van der Waals surface area contributed by atoms with E-state index in [1.807, 2.05) is 0 Å². The first-order valence-electron chi connectivity index (χ1n) is 10.3. The molecule has 3 heteroatoms. The molecule has 0 amide bonds. The molecule has 6 atom stereocenters. The summed E-state index contributed by atoms with van der Waals surface area (Å²) in [5.74, 6) is 3.14. The van der Waals surface area contributed by atoms with Crippen molar-refractivity contribution < 1.29 is 14.3 Å². The fourth-order valence-corrected chi connectivity index (χ4v) is 5.76. The van der Waals surface area contributed by atoms with Gasteiger partial charge in [-0.25, -0.2) is 4.79 Å². The zero-order valence-electron chi connectivity index (χ0n) is 16.1. The van der Waals surface area contributed by atoms with Crippen molar-refractivity contribution >= 4 is 5.97 Å². The zero-order chi connectivity index (χ0) is 17.3. The number of carbonyl (C=O) groups is 1. The molecule has 0 aromatic carbocycles. The Hall–Kier alpha value is -0.570. The third kappa shape index (κ3) is 3.66. The Morgan fingerprint density at radius 2 is 1.96 bits per heavy atom. The molecule has 3 unspecified atom stereocenters. The van der Waals surface area contributed by atoms with Gasteiger partial charge in [0.15, 0.2) is 0 Å². The number of esters is 1. The third-order valence-corrected chi connectivity index (χ3v) is 7.21. The highest BCUT2D eigenvalue weighted by atomic mass is 16.6. The van der Waals surface area contributed by atoms with Crippen LogP contribution in [0.15, 0.2) is 0 Å². The van der Waals surface area contributed by atoms with Gasteiger partial charge in [-0.3, -0.25) is 0 Å². The molecular weight excluding hydrogens is 300 g/mol. The molecule has 0 radical (unpaired) electrons. The van der Waals surface area contributed by atoms with Crippen molar-refractivity contribution in [3.63, 3.8) is 0 Å². The monoisotopic (exact) mass is 336 g/mol. The molecule has 3 aliphatic carbocycles. The molecule has 3 fully saturated rings. The standard InChI is InChI=1S/C21H36O3/c1-5-21(12-16-7-8-17(21)11-16)24-20(22)13-23-19-10-15(4)6-9-18(19)14(2)3/h14-19H,5-13H2,1-4H3/t15?,16-,17+,18?,19?,21-/m1/s1. The Morgan fingerprint density at radius 1 is 1.17 bits per heavy atom. The van der Waals surface area contributed by atoms with Crippen molar-refractivity contribution in [2.75, 3.05) is 6.61 Å². The molecule has 0 aromatic rings. The lowest BCUT2D eigenvalue weighted by molar-refractivity contribution is -0.176. The van der Waals surface area contributed by atoms with Crippen LogP contribution in [-0.2, 0) is 14.3 Å². The van der Waals surface area contributed by atoms with Crippen molar-refractivity contribution in [2.24, 2.45) is 29.6 Å². The predicted molar refractivity (Wildman–Crippen MR) is 95.6 cm³/mol. The summed E-state index contributed by atoms with van der Waals surface area (Å²) in [5.41, 5.74) is -0.180. The quantitative estimate of drug-likeness (QED) is 0.642. The molecule has 3 nitrogen and oxygen atoms in total. The van der Waals surface area contributed by atoms with E-state index in [0.29, 0.717) is 23.7 Å². The van der Waals surface area contributed by atoms with Crippen molar-refractivity contribution in [1.29, 1.82) is 0 Å². The van der Waals surface area contributed by atoms with E-state index in [4.69, 9.17) is 9.47 Å². The van der Waals surface area contributed by atoms with E-state index in [1.54, 1.807) is 0 Å². The topological polar surface area (TPSA) is 35.5 Å². The van der Waals surface area contributed by atoms with Crippen LogP contribution >= 0.6 is 0 Å². The van der Waals surface area contributed by atoms with E-state index in [9.17, 15) is 4.79 Å². The first kappa shape index (κ1) is 18.2. The van der Waals surface area contributed by atoms with Gasteiger partial charge in [0.25, 0.3) is 0 Å². The highest BCUT2D eigenvalue weighted by Gasteiger charge is 2.52. The number of carbonyl (C=O) groups excluding carboxylic acids is 1. The minimum atomic E-state index is -0.180. The SMILES string of the molecule is CC[C@@]1(OC(=O)COC2CC(C)CCC2C(C)C)C[C@@H]2CC[C@H]1C2. The molecule has 3 saturated carbocycles. The Bertz CT molecular complexity index is 446. The van der Waals surface area contributed by atoms with Crippen LogP contribution in [0.5, 0.6) is 0 Å². The van der Waals surface area contributed by atoms with Gasteiger partial charge >= 0.3 is 5.97 Å². The van der Waals surface area contributed by atoms with E-state index < -0.39 is 0 Å². The lowest BCUT2D eigenvalue weighted by Gasteiger charge is -2.38. The van der Waals surface area contributed by atoms with Gasteiger partial charge in [0.2, 0.25) is 0 Å². The maximum absolute atomic E-state index is 12.5. The predicted octanol–water partition coefficient (Wildman–Crippen LogP) is 4.98. The number of hydrogen-bond donors (Lipinski definition) is 0. The summed E-state index contributed by atoms with van der Waals surface area (Å²) < 4.78 is 12.1. The Labute approximate surface area is 147 Å². The Morgan fingerprint density at radius 3 is 2.54 bits per heavy atom. The molecule has 3 rings (SSSR count). The van der Waals surface area contributed by atoms with E-state index in [-0.39, 0.29) is 24.3 Å². The zero-order valence-corrected chi connectivity index (χ0v) is 16.1. The molecule has 0 saturated heterocycles. The number of rotatable bonds is 6. The van der Waals surface area contributed by atoms with Crippen LogP contribution in [0.2, 0.25) is 0 Å². The first-order chi connectivity index (χ1) is 11.4. The summed E-state index contributed by atoms with van der Waals surface area (Å²) in [4.78, 5) is 12.5. The number of fused-ring (bicyclic) bond motifs is 2. The lowest BCUT2D eigenvalue weighted by atomic mass is 9.75. The van der Waals surface area contributed by atoms with Gasteiger partial charge in [-0.2, -0.15) is 0 Å². The highest BCUT2D eigenvalue weighted by molar-refractivity contribution is 5.71. The lowest BCUT2D eigenvalue weighted by Crippen LogP contribution is -2.42. The van der Waals surface area contributed by atoms with Gasteiger partial charge in [-0.15, -0.1) is 0 Å². The van der Waals surface area contributed by atoms with E-state index >= 15 is 0 Å². The summed E-state index contributed by atoms with van der Waals surface area (Å²) in [6.45, 7) is 9.16. The van der Waals surface area contributed by atoms with Crippen LogP contribution in [0.25, 0.3) is 0 Å². The largest absolute Gasteiger partial charge is 0.457 e. The van der Waals surface area contributed by atoms with Crippen molar-refractivity contribution in [2.45, 2.75) is 90.8 Å². The molecule has 3 aliphatic rings. The molecule has 0 spiro atoms. The number of ether oxygens (including phenoxy) is 2. The third-order valence-electron chi connectivity index (χ3n) is 7.21. The summed E-state index contributed by atoms with van der Waals surface area (Å²) in [6.07, 6.45) is 9.68. The second-order valence-electron chi connectivity index (χ2n) is 9.15. The molecule has 0 aliphatic heterocycles. The van der Waals surface area contributed by atoms with Crippen LogP contribution in [0.3, 0.4) is 0 Å². The van der Waals surface area contributed by atoms with E-state index in [0.717, 1.165) is 25.2 Å². The molecule has 0 heterocycles. The van der Waals surface area contributed by atoms with Gasteiger partial charge in [0.05, 0.1) is 6.10 Å². The first-order valence-corrected chi connectivity index (χ1v) is 10.3. The van der Waals surface area contributed by atoms with Crippen LogP contribution in [0, 0.1) is 29.6 Å². The summed E-state index contributed by atoms with van der Waals surface area (Å²) >= 11 is 0. The maximum atomic E-state index is 12.5. The second kappa shape index (κ2) is 7.35. The average Bonchev–Trinajstić information content (AvgIpc) is 3.14. The summed E-state index contributed by atoms with van der Waals surface area (Å²) in [6, 6.07) is 0. The number of hydrogen-bond acceptors (Lipinski definition) is 3. The van der Waals surface area contributed by atoms with Gasteiger partial charge < -0.3 is 9.47 Å². The van der Waals surface area contributed by atoms with Crippen molar-refractivity contribution in [1.82, 2.24) is 0 Å². The molecular formula is C21H36O3. The Kier molecular flexibility index (Phi) is 5.58. The summed E-state index contributed by atoms with van der Waals surface area (Å²) in [5, 5.41) is 0. The molecule has 2 bridgehead atoms. The van der Waals surface area contributed by atoms with E-state index in [1.165, 1.54) is 32.1 Å².